The highest BCUT2D eigenvalue weighted by atomic mass is 35.5. The van der Waals surface area contributed by atoms with Crippen LogP contribution in [0.5, 0.6) is 0 Å². The lowest BCUT2D eigenvalue weighted by atomic mass is 9.91. The van der Waals surface area contributed by atoms with Gasteiger partial charge in [-0.2, -0.15) is 4.98 Å². The monoisotopic (exact) mass is 1130 g/mol. The fourth-order valence-electron chi connectivity index (χ4n) is 9.26. The summed E-state index contributed by atoms with van der Waals surface area (Å²) in [5, 5.41) is -0.461. The van der Waals surface area contributed by atoms with Crippen molar-refractivity contribution >= 4 is 56.1 Å². The van der Waals surface area contributed by atoms with E-state index in [0.29, 0.717) is 56.5 Å². The number of likely N-dealkylation sites (N-methyl/N-ethyl adjacent to an activating group) is 1. The van der Waals surface area contributed by atoms with E-state index in [1.165, 1.54) is 44.8 Å². The highest BCUT2D eigenvalue weighted by Gasteiger charge is 2.47. The van der Waals surface area contributed by atoms with Crippen LogP contribution in [0.2, 0.25) is 10.6 Å². The molecule has 2 unspecified atom stereocenters. The second-order valence-electron chi connectivity index (χ2n) is 18.5. The molecule has 0 saturated carbocycles. The Morgan fingerprint density at radius 1 is 0.658 bits per heavy atom. The molecule has 79 heavy (non-hydrogen) atoms. The van der Waals surface area contributed by atoms with E-state index >= 15 is 0 Å². The standard InChI is InChI=1S/C19H14ClFN2O3.C19H16FN3O4S.C17H12ClFN4O2/c1-10-7-8-13(25-10)15-14-16(23-18(20)22-15)19(2,26-17(14)24)9-11-5-3-4-6-12(11)21;1-23-13(10-11-6-3-4-7-12(11)20)16-15(18(23)24)17(14-8-5-9-27-14)22-19(21-16)28(2,25)26;1-22-14-13(12-7-4-8-25-12)20-16(18)21-15(14)23(17(22)24)9-10-5-2-3-6-11(10)19/h3-8H,9H2,1-2H3;3-9,13H,10H2,1-2H3;2-8H,9H2,1H3. The van der Waals surface area contributed by atoms with Crippen LogP contribution in [0.15, 0.2) is 145 Å². The maximum atomic E-state index is 14.2. The number of ether oxygens (including phenoxy) is 1. The first-order valence-corrected chi connectivity index (χ1v) is 26.5. The van der Waals surface area contributed by atoms with Gasteiger partial charge in [0, 0.05) is 38.8 Å². The second kappa shape index (κ2) is 21.2. The number of furan rings is 3. The molecule has 24 heteroatoms. The summed E-state index contributed by atoms with van der Waals surface area (Å²) in [7, 11) is -0.571. The zero-order chi connectivity index (χ0) is 56.1. The number of hydrogen-bond donors (Lipinski definition) is 0. The van der Waals surface area contributed by atoms with Gasteiger partial charge < -0.3 is 22.9 Å². The number of benzene rings is 3. The Labute approximate surface area is 457 Å². The molecule has 7 aromatic heterocycles. The Morgan fingerprint density at radius 2 is 1.23 bits per heavy atom. The molecule has 1 amide bonds. The molecule has 9 heterocycles. The molecule has 18 nitrogen and oxygen atoms in total. The summed E-state index contributed by atoms with van der Waals surface area (Å²) in [5.41, 5.74) is 2.24. The van der Waals surface area contributed by atoms with Gasteiger partial charge in [-0.25, -0.2) is 56.1 Å². The quantitative estimate of drug-likeness (QED) is 0.0917. The van der Waals surface area contributed by atoms with E-state index in [0.717, 1.165) is 6.26 Å². The number of aromatic nitrogens is 8. The zero-order valence-electron chi connectivity index (χ0n) is 42.2. The Bertz CT molecular complexity index is 4190. The largest absolute Gasteiger partial charge is 0.463 e. The highest BCUT2D eigenvalue weighted by molar-refractivity contribution is 7.90. The topological polar surface area (TPSA) is 224 Å². The third kappa shape index (κ3) is 10.4. The summed E-state index contributed by atoms with van der Waals surface area (Å²) < 4.78 is 91.2. The average Bonchev–Trinajstić information content (AvgIpc) is 4.49. The normalized spacial score (nSPS) is 15.6. The van der Waals surface area contributed by atoms with Gasteiger partial charge in [0.15, 0.2) is 28.5 Å². The van der Waals surface area contributed by atoms with Crippen LogP contribution in [0, 0.1) is 24.4 Å². The van der Waals surface area contributed by atoms with Crippen LogP contribution < -0.4 is 5.69 Å². The van der Waals surface area contributed by atoms with Crippen LogP contribution in [0.25, 0.3) is 45.5 Å². The molecule has 2 aliphatic heterocycles. The number of nitrogens with zero attached hydrogens (tertiary/aromatic N) is 9. The van der Waals surface area contributed by atoms with Crippen molar-refractivity contribution in [2.24, 2.45) is 7.05 Å². The summed E-state index contributed by atoms with van der Waals surface area (Å²) in [6.45, 7) is 3.50. The number of esters is 1. The molecule has 0 bridgehead atoms. The van der Waals surface area contributed by atoms with Crippen molar-refractivity contribution in [3.05, 3.63) is 205 Å². The van der Waals surface area contributed by atoms with Crippen LogP contribution in [0.3, 0.4) is 0 Å². The molecule has 12 rings (SSSR count). The molecule has 3 aromatic carbocycles. The number of amides is 1. The van der Waals surface area contributed by atoms with E-state index in [1.54, 1.807) is 119 Å². The lowest BCUT2D eigenvalue weighted by molar-refractivity contribution is -0.000610. The summed E-state index contributed by atoms with van der Waals surface area (Å²) in [6, 6.07) is 28.3. The van der Waals surface area contributed by atoms with E-state index in [9.17, 15) is 36.0 Å². The smallest absolute Gasteiger partial charge is 0.343 e. The minimum Gasteiger partial charge on any atom is -0.463 e. The number of cyclic esters (lactones) is 1. The van der Waals surface area contributed by atoms with Crippen molar-refractivity contribution in [1.82, 2.24) is 43.9 Å². The summed E-state index contributed by atoms with van der Waals surface area (Å²) in [5.74, 6) is -0.329. The minimum absolute atomic E-state index is 0.0215. The summed E-state index contributed by atoms with van der Waals surface area (Å²) >= 11 is 12.1. The van der Waals surface area contributed by atoms with Crippen molar-refractivity contribution in [3.63, 3.8) is 0 Å². The van der Waals surface area contributed by atoms with Crippen molar-refractivity contribution in [1.29, 1.82) is 0 Å². The molecular weight excluding hydrogens is 1090 g/mol. The fraction of sp³-hybridized carbons (Fsp3) is 0.182. The molecule has 0 aliphatic carbocycles. The van der Waals surface area contributed by atoms with E-state index in [1.807, 2.05) is 0 Å². The van der Waals surface area contributed by atoms with Gasteiger partial charge in [-0.05, 0) is 103 Å². The van der Waals surface area contributed by atoms with E-state index in [4.69, 9.17) is 41.2 Å². The zero-order valence-corrected chi connectivity index (χ0v) is 44.6. The summed E-state index contributed by atoms with van der Waals surface area (Å²) in [4.78, 5) is 64.7. The number of halogens is 5. The fourth-order valence-corrected chi connectivity index (χ4v) is 10.1. The average molecular weight is 1130 g/mol. The molecule has 2 aliphatic rings. The Kier molecular flexibility index (Phi) is 14.4. The third-order valence-electron chi connectivity index (χ3n) is 13.0. The molecular formula is C55H42Cl2F3N9O9S. The Hall–Kier alpha value is -8.73. The van der Waals surface area contributed by atoms with Crippen molar-refractivity contribution in [3.8, 4) is 34.4 Å². The van der Waals surface area contributed by atoms with Gasteiger partial charge in [-0.3, -0.25) is 13.9 Å². The van der Waals surface area contributed by atoms with Crippen molar-refractivity contribution in [2.75, 3.05) is 13.3 Å². The first kappa shape index (κ1) is 53.7. The van der Waals surface area contributed by atoms with Gasteiger partial charge in [-0.15, -0.1) is 0 Å². The van der Waals surface area contributed by atoms with Crippen molar-refractivity contribution < 1.29 is 49.2 Å². The molecule has 0 saturated heterocycles. The number of sulfone groups is 1. The van der Waals surface area contributed by atoms with Crippen LogP contribution in [-0.4, -0.2) is 77.5 Å². The first-order valence-electron chi connectivity index (χ1n) is 23.9. The predicted molar refractivity (Wildman–Crippen MR) is 281 cm³/mol. The second-order valence-corrected chi connectivity index (χ2v) is 21.1. The molecule has 402 valence electrons. The maximum Gasteiger partial charge on any atom is 0.343 e. The van der Waals surface area contributed by atoms with Gasteiger partial charge in [-0.1, -0.05) is 54.6 Å². The first-order chi connectivity index (χ1) is 37.7. The third-order valence-corrected chi connectivity index (χ3v) is 14.2. The Balaban J connectivity index is 0.000000134. The predicted octanol–water partition coefficient (Wildman–Crippen LogP) is 10.3. The van der Waals surface area contributed by atoms with Crippen molar-refractivity contribution in [2.45, 2.75) is 50.0 Å². The maximum absolute atomic E-state index is 14.2. The lowest BCUT2D eigenvalue weighted by Crippen LogP contribution is -2.26. The van der Waals surface area contributed by atoms with E-state index in [-0.39, 0.29) is 81.3 Å². The van der Waals surface area contributed by atoms with Gasteiger partial charge in [0.05, 0.1) is 36.4 Å². The van der Waals surface area contributed by atoms with E-state index < -0.39 is 44.2 Å². The number of hydrogen-bond acceptors (Lipinski definition) is 15. The van der Waals surface area contributed by atoms with Crippen LogP contribution >= 0.6 is 23.2 Å². The molecule has 0 fully saturated rings. The Morgan fingerprint density at radius 3 is 1.81 bits per heavy atom. The highest BCUT2D eigenvalue weighted by Crippen LogP contribution is 2.43. The number of rotatable bonds is 10. The summed E-state index contributed by atoms with van der Waals surface area (Å²) in [6.07, 6.45) is 4.19. The number of aryl methyl sites for hydroxylation is 2. The number of carbonyl (C=O) groups is 2. The van der Waals surface area contributed by atoms with Gasteiger partial charge >= 0.3 is 11.7 Å². The lowest BCUT2D eigenvalue weighted by Gasteiger charge is -2.23. The number of imidazole rings is 1. The SMILES string of the molecule is CN1C(=O)c2c(-c3ccco3)nc(S(C)(=O)=O)nc2C1Cc1ccccc1F.Cc1ccc(-c2nc(Cl)nc3c2C(=O)OC3(C)Cc2ccccc2F)o1.Cn1c(=O)n(Cc2ccccc2F)c2nc(Cl)nc(-c3ccco3)c21. The van der Waals surface area contributed by atoms with Crippen LogP contribution in [0.1, 0.15) is 67.5 Å². The molecule has 0 spiro atoms. The number of carbonyl (C=O) groups excluding carboxylic acids is 2. The number of fused-ring (bicyclic) bond motifs is 3. The van der Waals surface area contributed by atoms with Crippen LogP contribution in [-0.2, 0) is 46.6 Å². The molecule has 2 atom stereocenters. The molecule has 10 aromatic rings. The van der Waals surface area contributed by atoms with Crippen LogP contribution in [0.4, 0.5) is 13.2 Å². The van der Waals surface area contributed by atoms with E-state index in [2.05, 4.69) is 29.9 Å². The minimum atomic E-state index is -3.75. The van der Waals surface area contributed by atoms with Gasteiger partial charge in [0.25, 0.3) is 5.91 Å². The van der Waals surface area contributed by atoms with Gasteiger partial charge in [0.1, 0.15) is 57.1 Å². The van der Waals surface area contributed by atoms with Gasteiger partial charge in [0.2, 0.25) is 25.6 Å². The molecule has 0 N–H and O–H groups in total. The molecule has 0 radical (unpaired) electrons.